The monoisotopic (exact) mass is 272 g/mol. The smallest absolute Gasteiger partial charge is 0.232 e. The number of hydrogen-bond donors (Lipinski definition) is 2. The van der Waals surface area contributed by atoms with Gasteiger partial charge in [0.05, 0.1) is 0 Å². The highest BCUT2D eigenvalue weighted by Gasteiger charge is 2.21. The van der Waals surface area contributed by atoms with Crippen molar-refractivity contribution in [2.24, 2.45) is 5.92 Å². The highest BCUT2D eigenvalue weighted by atomic mass is 32.2. The molecule has 104 valence electrons. The molecular formula is C13H24N2O2S. The lowest BCUT2D eigenvalue weighted by Crippen LogP contribution is -2.46. The van der Waals surface area contributed by atoms with E-state index in [2.05, 4.69) is 10.6 Å². The number of nitrogens with one attached hydrogen (secondary N) is 2. The Morgan fingerprint density at radius 1 is 1.17 bits per heavy atom. The van der Waals surface area contributed by atoms with E-state index in [-0.39, 0.29) is 11.7 Å². The lowest BCUT2D eigenvalue weighted by Gasteiger charge is -2.26. The molecule has 1 unspecified atom stereocenters. The van der Waals surface area contributed by atoms with E-state index in [1.807, 2.05) is 0 Å². The highest BCUT2D eigenvalue weighted by Crippen LogP contribution is 2.17. The van der Waals surface area contributed by atoms with Crippen LogP contribution in [0.15, 0.2) is 0 Å². The fourth-order valence-corrected chi connectivity index (χ4v) is 3.88. The summed E-state index contributed by atoms with van der Waals surface area (Å²) in [5.41, 5.74) is 0. The first-order valence-electron chi connectivity index (χ1n) is 7.09. The normalized spacial score (nSPS) is 24.0. The summed E-state index contributed by atoms with van der Waals surface area (Å²) in [5.74, 6) is 1.35. The van der Waals surface area contributed by atoms with E-state index in [4.69, 9.17) is 0 Å². The largest absolute Gasteiger partial charge is 0.353 e. The van der Waals surface area contributed by atoms with E-state index in [1.54, 1.807) is 0 Å². The van der Waals surface area contributed by atoms with Crippen molar-refractivity contribution in [3.63, 3.8) is 0 Å². The lowest BCUT2D eigenvalue weighted by molar-refractivity contribution is -0.119. The second-order valence-electron chi connectivity index (χ2n) is 5.53. The molecule has 1 saturated heterocycles. The molecule has 0 bridgehead atoms. The first kappa shape index (κ1) is 14.0. The molecule has 18 heavy (non-hydrogen) atoms. The third-order valence-corrected chi connectivity index (χ3v) is 5.23. The second kappa shape index (κ2) is 7.24. The molecule has 2 aliphatic rings. The van der Waals surface area contributed by atoms with Crippen molar-refractivity contribution in [2.45, 2.75) is 44.6 Å². The molecule has 2 fully saturated rings. The molecule has 1 aliphatic carbocycles. The number of amides is 1. The van der Waals surface area contributed by atoms with Crippen molar-refractivity contribution in [2.75, 3.05) is 24.6 Å². The van der Waals surface area contributed by atoms with Crippen LogP contribution in [0.4, 0.5) is 0 Å². The van der Waals surface area contributed by atoms with Crippen LogP contribution in [0.25, 0.3) is 0 Å². The molecule has 1 aliphatic heterocycles. The van der Waals surface area contributed by atoms with Crippen LogP contribution in [-0.2, 0) is 15.6 Å². The summed E-state index contributed by atoms with van der Waals surface area (Å²) < 4.78 is 11.8. The zero-order chi connectivity index (χ0) is 12.8. The van der Waals surface area contributed by atoms with Crippen LogP contribution in [0.1, 0.15) is 38.5 Å². The average Bonchev–Trinajstić information content (AvgIpc) is 2.52. The van der Waals surface area contributed by atoms with Gasteiger partial charge in [-0.25, -0.2) is 0 Å². The summed E-state index contributed by atoms with van der Waals surface area (Å²) in [6.07, 6.45) is 7.17. The van der Waals surface area contributed by atoms with Crippen LogP contribution in [0.3, 0.4) is 0 Å². The molecule has 0 aromatic rings. The van der Waals surface area contributed by atoms with Gasteiger partial charge in [-0.2, -0.15) is 0 Å². The second-order valence-corrected chi connectivity index (χ2v) is 7.03. The van der Waals surface area contributed by atoms with Crippen LogP contribution in [0.5, 0.6) is 0 Å². The lowest BCUT2D eigenvalue weighted by atomic mass is 10.1. The molecule has 1 atom stereocenters. The van der Waals surface area contributed by atoms with E-state index < -0.39 is 10.8 Å². The molecule has 0 aromatic carbocycles. The Balaban J connectivity index is 1.65. The Kier molecular flexibility index (Phi) is 5.63. The third kappa shape index (κ3) is 4.69. The summed E-state index contributed by atoms with van der Waals surface area (Å²) >= 11 is 0. The summed E-state index contributed by atoms with van der Waals surface area (Å²) in [5, 5.41) is 6.21. The minimum Gasteiger partial charge on any atom is -0.353 e. The van der Waals surface area contributed by atoms with Crippen LogP contribution >= 0.6 is 0 Å². The van der Waals surface area contributed by atoms with E-state index in [9.17, 15) is 9.00 Å². The Morgan fingerprint density at radius 2 is 1.83 bits per heavy atom. The molecule has 5 heteroatoms. The van der Waals surface area contributed by atoms with Crippen LogP contribution in [-0.4, -0.2) is 40.8 Å². The molecule has 2 N–H and O–H groups in total. The van der Waals surface area contributed by atoms with E-state index in [0.29, 0.717) is 17.7 Å². The Morgan fingerprint density at radius 3 is 2.39 bits per heavy atom. The van der Waals surface area contributed by atoms with Crippen LogP contribution in [0.2, 0.25) is 0 Å². The van der Waals surface area contributed by atoms with Crippen LogP contribution < -0.4 is 10.6 Å². The van der Waals surface area contributed by atoms with Gasteiger partial charge >= 0.3 is 0 Å². The van der Waals surface area contributed by atoms with Gasteiger partial charge in [-0.3, -0.25) is 9.00 Å². The van der Waals surface area contributed by atoms with E-state index >= 15 is 0 Å². The predicted octanol–water partition coefficient (Wildman–Crippen LogP) is 0.793. The Hall–Kier alpha value is -0.420. The van der Waals surface area contributed by atoms with Gasteiger partial charge < -0.3 is 10.6 Å². The predicted molar refractivity (Wildman–Crippen MR) is 73.9 cm³/mol. The fraction of sp³-hybridized carbons (Fsp3) is 0.923. The van der Waals surface area contributed by atoms with Crippen LogP contribution in [0, 0.1) is 5.92 Å². The molecule has 1 amide bonds. The van der Waals surface area contributed by atoms with E-state index in [0.717, 1.165) is 25.9 Å². The van der Waals surface area contributed by atoms with Crippen molar-refractivity contribution in [3.8, 4) is 0 Å². The maximum Gasteiger partial charge on any atom is 0.232 e. The van der Waals surface area contributed by atoms with Crippen molar-refractivity contribution in [1.29, 1.82) is 0 Å². The maximum absolute atomic E-state index is 11.8. The van der Waals surface area contributed by atoms with Gasteiger partial charge in [-0.15, -0.1) is 0 Å². The Bertz CT molecular complexity index is 297. The number of carbonyl (C=O) groups excluding carboxylic acids is 1. The minimum atomic E-state index is -0.990. The molecule has 1 saturated carbocycles. The van der Waals surface area contributed by atoms with Gasteiger partial charge in [-0.05, 0) is 18.8 Å². The molecule has 0 radical (unpaired) electrons. The van der Waals surface area contributed by atoms with Gasteiger partial charge in [0.1, 0.15) is 5.75 Å². The first-order valence-corrected chi connectivity index (χ1v) is 8.58. The van der Waals surface area contributed by atoms with E-state index in [1.165, 1.54) is 25.7 Å². The molecule has 0 spiro atoms. The highest BCUT2D eigenvalue weighted by molar-refractivity contribution is 7.85. The number of rotatable bonds is 5. The Labute approximate surface area is 112 Å². The summed E-state index contributed by atoms with van der Waals surface area (Å²) in [4.78, 5) is 11.8. The van der Waals surface area contributed by atoms with Gasteiger partial charge in [0.2, 0.25) is 5.91 Å². The number of hydrogen-bond acceptors (Lipinski definition) is 3. The summed E-state index contributed by atoms with van der Waals surface area (Å²) in [6.45, 7) is 1.91. The molecule has 4 nitrogen and oxygen atoms in total. The summed E-state index contributed by atoms with van der Waals surface area (Å²) in [6, 6.07) is 0.322. The SMILES string of the molecule is O=C(CS(=O)CC1CNC1)NC1CCCCCC1. The first-order chi connectivity index (χ1) is 8.74. The zero-order valence-electron chi connectivity index (χ0n) is 11.0. The van der Waals surface area contributed by atoms with Gasteiger partial charge in [0.25, 0.3) is 0 Å². The zero-order valence-corrected chi connectivity index (χ0v) is 11.8. The molecular weight excluding hydrogens is 248 g/mol. The molecule has 2 rings (SSSR count). The molecule has 1 heterocycles. The van der Waals surface area contributed by atoms with Crippen molar-refractivity contribution in [3.05, 3.63) is 0 Å². The standard InChI is InChI=1S/C13H24N2O2S/c16-13(10-18(17)9-11-7-14-8-11)15-12-5-3-1-2-4-6-12/h11-12,14H,1-10H2,(H,15,16). The van der Waals surface area contributed by atoms with Gasteiger partial charge in [0.15, 0.2) is 0 Å². The quantitative estimate of drug-likeness (QED) is 0.728. The maximum atomic E-state index is 11.8. The summed E-state index contributed by atoms with van der Waals surface area (Å²) in [7, 11) is -0.990. The third-order valence-electron chi connectivity index (χ3n) is 3.80. The number of carbonyl (C=O) groups is 1. The van der Waals surface area contributed by atoms with Crippen molar-refractivity contribution >= 4 is 16.7 Å². The van der Waals surface area contributed by atoms with Crippen molar-refractivity contribution < 1.29 is 9.00 Å². The van der Waals surface area contributed by atoms with Crippen molar-refractivity contribution in [1.82, 2.24) is 10.6 Å². The topological polar surface area (TPSA) is 58.2 Å². The fourth-order valence-electron chi connectivity index (χ4n) is 2.63. The van der Waals surface area contributed by atoms with Gasteiger partial charge in [-0.1, -0.05) is 25.7 Å². The minimum absolute atomic E-state index is 0.0208. The molecule has 0 aromatic heterocycles. The average molecular weight is 272 g/mol. The van der Waals surface area contributed by atoms with Gasteiger partial charge in [0, 0.05) is 35.7 Å².